The molecule has 0 saturated carbocycles. The number of halogens is 1. The minimum Gasteiger partial charge on any atom is -0.379 e. The Morgan fingerprint density at radius 1 is 1.19 bits per heavy atom. The van der Waals surface area contributed by atoms with Crippen molar-refractivity contribution < 1.29 is 9.53 Å². The van der Waals surface area contributed by atoms with Gasteiger partial charge in [-0.25, -0.2) is 0 Å². The zero-order valence-electron chi connectivity index (χ0n) is 15.1. The van der Waals surface area contributed by atoms with Crippen LogP contribution in [-0.4, -0.2) is 42.2 Å². The van der Waals surface area contributed by atoms with E-state index in [9.17, 15) is 4.79 Å². The quantitative estimate of drug-likeness (QED) is 0.764. The summed E-state index contributed by atoms with van der Waals surface area (Å²) >= 11 is 11.3. The Balaban J connectivity index is 1.52. The molecular formula is C20H22ClN3O2S. The first-order chi connectivity index (χ1) is 13.0. The predicted molar refractivity (Wildman–Crippen MR) is 112 cm³/mol. The highest BCUT2D eigenvalue weighted by atomic mass is 35.5. The summed E-state index contributed by atoms with van der Waals surface area (Å²) in [4.78, 5) is 14.6. The molecule has 0 aromatic heterocycles. The van der Waals surface area contributed by atoms with Gasteiger partial charge in [-0.15, -0.1) is 0 Å². The van der Waals surface area contributed by atoms with Gasteiger partial charge in [-0.05, 0) is 54.5 Å². The molecule has 0 spiro atoms. The molecule has 27 heavy (non-hydrogen) atoms. The van der Waals surface area contributed by atoms with Gasteiger partial charge in [0.05, 0.1) is 13.2 Å². The van der Waals surface area contributed by atoms with E-state index < -0.39 is 0 Å². The lowest BCUT2D eigenvalue weighted by molar-refractivity contribution is 0.0342. The Morgan fingerprint density at radius 3 is 2.56 bits per heavy atom. The topological polar surface area (TPSA) is 53.6 Å². The van der Waals surface area contributed by atoms with E-state index in [1.807, 2.05) is 19.1 Å². The first-order valence-corrected chi connectivity index (χ1v) is 9.57. The molecule has 1 fully saturated rings. The molecule has 0 unspecified atom stereocenters. The van der Waals surface area contributed by atoms with Crippen LogP contribution in [0.1, 0.15) is 21.5 Å². The molecule has 0 atom stereocenters. The van der Waals surface area contributed by atoms with Crippen molar-refractivity contribution in [3.63, 3.8) is 0 Å². The van der Waals surface area contributed by atoms with Crippen molar-refractivity contribution in [2.75, 3.05) is 31.6 Å². The molecule has 2 aromatic carbocycles. The van der Waals surface area contributed by atoms with Crippen molar-refractivity contribution in [2.45, 2.75) is 13.5 Å². The van der Waals surface area contributed by atoms with Crippen molar-refractivity contribution in [1.29, 1.82) is 0 Å². The Labute approximate surface area is 169 Å². The Bertz CT molecular complexity index is 820. The zero-order valence-corrected chi connectivity index (χ0v) is 16.7. The molecule has 1 aliphatic rings. The van der Waals surface area contributed by atoms with Crippen LogP contribution in [0, 0.1) is 6.92 Å². The number of carbonyl (C=O) groups excluding carboxylic acids is 1. The summed E-state index contributed by atoms with van der Waals surface area (Å²) in [6.07, 6.45) is 0. The summed E-state index contributed by atoms with van der Waals surface area (Å²) in [6, 6.07) is 13.2. The zero-order chi connectivity index (χ0) is 19.2. The van der Waals surface area contributed by atoms with Crippen molar-refractivity contribution in [2.24, 2.45) is 0 Å². The van der Waals surface area contributed by atoms with E-state index in [2.05, 4.69) is 27.7 Å². The fraction of sp³-hybridized carbons (Fsp3) is 0.300. The highest BCUT2D eigenvalue weighted by Gasteiger charge is 2.11. The average Bonchev–Trinajstić information content (AvgIpc) is 2.66. The summed E-state index contributed by atoms with van der Waals surface area (Å²) in [5, 5.41) is 6.51. The average molecular weight is 404 g/mol. The first kappa shape index (κ1) is 19.8. The van der Waals surface area contributed by atoms with Gasteiger partial charge in [0.2, 0.25) is 0 Å². The molecule has 1 saturated heterocycles. The van der Waals surface area contributed by atoms with E-state index in [1.165, 1.54) is 5.56 Å². The van der Waals surface area contributed by atoms with Crippen LogP contribution >= 0.6 is 23.8 Å². The van der Waals surface area contributed by atoms with Crippen molar-refractivity contribution in [1.82, 2.24) is 10.2 Å². The van der Waals surface area contributed by atoms with Crippen LogP contribution in [0.5, 0.6) is 0 Å². The van der Waals surface area contributed by atoms with Crippen LogP contribution in [0.15, 0.2) is 42.5 Å². The smallest absolute Gasteiger partial charge is 0.257 e. The number of hydrogen-bond donors (Lipinski definition) is 2. The molecule has 5 nitrogen and oxygen atoms in total. The van der Waals surface area contributed by atoms with Crippen LogP contribution < -0.4 is 10.6 Å². The van der Waals surface area contributed by atoms with Gasteiger partial charge in [0.15, 0.2) is 5.11 Å². The number of aryl methyl sites for hydroxylation is 1. The predicted octanol–water partition coefficient (Wildman–Crippen LogP) is 3.61. The van der Waals surface area contributed by atoms with E-state index >= 15 is 0 Å². The number of benzene rings is 2. The van der Waals surface area contributed by atoms with Gasteiger partial charge < -0.3 is 10.1 Å². The first-order valence-electron chi connectivity index (χ1n) is 8.79. The van der Waals surface area contributed by atoms with Crippen LogP contribution in [0.4, 0.5) is 5.69 Å². The maximum atomic E-state index is 12.3. The monoisotopic (exact) mass is 403 g/mol. The van der Waals surface area contributed by atoms with Crippen molar-refractivity contribution >= 4 is 40.5 Å². The van der Waals surface area contributed by atoms with Crippen molar-refractivity contribution in [3.05, 3.63) is 64.2 Å². The lowest BCUT2D eigenvalue weighted by Crippen LogP contribution is -2.35. The highest BCUT2D eigenvalue weighted by Crippen LogP contribution is 2.17. The number of amides is 1. The third kappa shape index (κ3) is 5.74. The number of anilines is 1. The van der Waals surface area contributed by atoms with Crippen LogP contribution in [-0.2, 0) is 11.3 Å². The van der Waals surface area contributed by atoms with Gasteiger partial charge in [0.25, 0.3) is 5.91 Å². The van der Waals surface area contributed by atoms with E-state index in [4.69, 9.17) is 28.6 Å². The van der Waals surface area contributed by atoms with E-state index in [-0.39, 0.29) is 11.0 Å². The summed E-state index contributed by atoms with van der Waals surface area (Å²) in [6.45, 7) is 6.29. The normalized spacial score (nSPS) is 14.6. The van der Waals surface area contributed by atoms with Gasteiger partial charge in [0.1, 0.15) is 0 Å². The van der Waals surface area contributed by atoms with Gasteiger partial charge >= 0.3 is 0 Å². The molecule has 7 heteroatoms. The molecule has 1 aliphatic heterocycles. The molecule has 0 aliphatic carbocycles. The summed E-state index contributed by atoms with van der Waals surface area (Å²) < 4.78 is 5.37. The summed E-state index contributed by atoms with van der Waals surface area (Å²) in [5.41, 5.74) is 3.45. The number of nitrogens with zero attached hydrogens (tertiary/aromatic N) is 1. The molecule has 0 radical (unpaired) electrons. The molecule has 0 bridgehead atoms. The Hall–Kier alpha value is -1.99. The van der Waals surface area contributed by atoms with E-state index in [1.54, 1.807) is 18.2 Å². The van der Waals surface area contributed by atoms with Gasteiger partial charge in [0, 0.05) is 35.9 Å². The van der Waals surface area contributed by atoms with E-state index in [0.717, 1.165) is 44.1 Å². The number of morpholine rings is 1. The SMILES string of the molecule is Cc1ccc(C(=O)NC(=S)Nc2ccc(CN3CCOCC3)cc2)cc1Cl. The fourth-order valence-corrected chi connectivity index (χ4v) is 3.17. The fourth-order valence-electron chi connectivity index (χ4n) is 2.78. The highest BCUT2D eigenvalue weighted by molar-refractivity contribution is 7.80. The second-order valence-corrected chi connectivity index (χ2v) is 7.27. The summed E-state index contributed by atoms with van der Waals surface area (Å²) in [5.74, 6) is -0.293. The number of nitrogens with one attached hydrogen (secondary N) is 2. The van der Waals surface area contributed by atoms with Crippen LogP contribution in [0.2, 0.25) is 5.02 Å². The number of ether oxygens (including phenoxy) is 1. The lowest BCUT2D eigenvalue weighted by atomic mass is 10.1. The number of rotatable bonds is 4. The van der Waals surface area contributed by atoms with Gasteiger partial charge in [-0.3, -0.25) is 15.0 Å². The second-order valence-electron chi connectivity index (χ2n) is 6.46. The standard InChI is InChI=1S/C20H22ClN3O2S/c1-14-2-5-16(12-18(14)21)19(25)23-20(27)22-17-6-3-15(4-7-17)13-24-8-10-26-11-9-24/h2-7,12H,8-11,13H2,1H3,(H2,22,23,25,27). The minimum absolute atomic E-state index is 0.248. The Kier molecular flexibility index (Phi) is 6.79. The van der Waals surface area contributed by atoms with E-state index in [0.29, 0.717) is 10.6 Å². The van der Waals surface area contributed by atoms with Crippen LogP contribution in [0.3, 0.4) is 0 Å². The number of hydrogen-bond acceptors (Lipinski definition) is 4. The molecule has 2 aromatic rings. The van der Waals surface area contributed by atoms with Gasteiger partial charge in [-0.2, -0.15) is 0 Å². The summed E-state index contributed by atoms with van der Waals surface area (Å²) in [7, 11) is 0. The third-order valence-corrected chi connectivity index (χ3v) is 4.99. The van der Waals surface area contributed by atoms with Crippen LogP contribution in [0.25, 0.3) is 0 Å². The second kappa shape index (κ2) is 9.28. The molecule has 1 amide bonds. The molecule has 1 heterocycles. The minimum atomic E-state index is -0.293. The largest absolute Gasteiger partial charge is 0.379 e. The molecule has 142 valence electrons. The maximum Gasteiger partial charge on any atom is 0.257 e. The third-order valence-electron chi connectivity index (χ3n) is 4.38. The number of thiocarbonyl (C=S) groups is 1. The maximum absolute atomic E-state index is 12.3. The van der Waals surface area contributed by atoms with Crippen molar-refractivity contribution in [3.8, 4) is 0 Å². The Morgan fingerprint density at radius 2 is 1.89 bits per heavy atom. The lowest BCUT2D eigenvalue weighted by Gasteiger charge is -2.26. The molecule has 2 N–H and O–H groups in total. The van der Waals surface area contributed by atoms with Gasteiger partial charge in [-0.1, -0.05) is 29.8 Å². The molecular weight excluding hydrogens is 382 g/mol. The number of carbonyl (C=O) groups is 1. The molecule has 3 rings (SSSR count).